The molecule has 0 aliphatic rings. The third-order valence-electron chi connectivity index (χ3n) is 2.81. The monoisotopic (exact) mass is 376 g/mol. The molecule has 0 saturated carbocycles. The lowest BCUT2D eigenvalue weighted by Gasteiger charge is -2.10. The summed E-state index contributed by atoms with van der Waals surface area (Å²) in [5, 5.41) is 0. The van der Waals surface area contributed by atoms with E-state index in [1.54, 1.807) is 0 Å². The van der Waals surface area contributed by atoms with Gasteiger partial charge in [-0.15, -0.1) is 13.2 Å². The second-order valence-corrected chi connectivity index (χ2v) is 6.12. The van der Waals surface area contributed by atoms with E-state index in [2.05, 4.69) is 9.47 Å². The first-order valence-corrected chi connectivity index (χ1v) is 8.00. The molecule has 0 unspecified atom stereocenters. The maximum atomic E-state index is 12.1. The molecule has 0 aliphatic heterocycles. The highest BCUT2D eigenvalue weighted by Crippen LogP contribution is 2.25. The molecule has 0 spiro atoms. The number of methoxy groups -OCH3 is 1. The number of ether oxygens (including phenoxy) is 2. The third-order valence-corrected chi connectivity index (χ3v) is 4.07. The molecule has 0 bridgehead atoms. The van der Waals surface area contributed by atoms with Crippen molar-refractivity contribution in [2.75, 3.05) is 7.11 Å². The first-order chi connectivity index (χ1) is 11.6. The van der Waals surface area contributed by atoms with Gasteiger partial charge in [0.05, 0.1) is 12.7 Å². The molecule has 25 heavy (non-hydrogen) atoms. The predicted octanol–water partition coefficient (Wildman–Crippen LogP) is 3.14. The van der Waals surface area contributed by atoms with Crippen LogP contribution >= 0.6 is 0 Å². The summed E-state index contributed by atoms with van der Waals surface area (Å²) >= 11 is 0. The van der Waals surface area contributed by atoms with Crippen molar-refractivity contribution in [3.63, 3.8) is 0 Å². The Kier molecular flexibility index (Phi) is 5.21. The van der Waals surface area contributed by atoms with Crippen LogP contribution in [0.2, 0.25) is 0 Å². The van der Waals surface area contributed by atoms with Gasteiger partial charge >= 0.3 is 22.4 Å². The van der Waals surface area contributed by atoms with E-state index in [4.69, 9.17) is 4.18 Å². The molecule has 2 aromatic carbocycles. The lowest BCUT2D eigenvalue weighted by Crippen LogP contribution is -2.17. The highest BCUT2D eigenvalue weighted by atomic mass is 32.2. The van der Waals surface area contributed by atoms with Crippen molar-refractivity contribution < 1.29 is 40.0 Å². The predicted molar refractivity (Wildman–Crippen MR) is 78.7 cm³/mol. The molecule has 2 rings (SSSR count). The van der Waals surface area contributed by atoms with Crippen molar-refractivity contribution in [1.82, 2.24) is 0 Å². The molecular formula is C15H11F3O6S. The fourth-order valence-corrected chi connectivity index (χ4v) is 2.70. The molecule has 0 atom stereocenters. The van der Waals surface area contributed by atoms with Crippen LogP contribution in [0.1, 0.15) is 10.4 Å². The first kappa shape index (κ1) is 18.6. The number of carbonyl (C=O) groups excluding carboxylic acids is 1. The van der Waals surface area contributed by atoms with E-state index in [9.17, 15) is 26.4 Å². The Morgan fingerprint density at radius 3 is 2.20 bits per heavy atom. The molecule has 0 radical (unpaired) electrons. The number of halogens is 3. The van der Waals surface area contributed by atoms with Gasteiger partial charge in [-0.2, -0.15) is 8.42 Å². The summed E-state index contributed by atoms with van der Waals surface area (Å²) in [6.45, 7) is 0. The molecule has 10 heteroatoms. The minimum Gasteiger partial charge on any atom is -0.465 e. The Bertz CT molecular complexity index is 860. The van der Waals surface area contributed by atoms with Crippen LogP contribution in [0.15, 0.2) is 53.4 Å². The van der Waals surface area contributed by atoms with Crippen LogP contribution in [0.4, 0.5) is 13.2 Å². The van der Waals surface area contributed by atoms with Crippen LogP contribution < -0.4 is 8.92 Å². The summed E-state index contributed by atoms with van der Waals surface area (Å²) in [7, 11) is -3.15. The number of carbonyl (C=O) groups is 1. The number of benzene rings is 2. The van der Waals surface area contributed by atoms with Crippen molar-refractivity contribution >= 4 is 16.1 Å². The number of hydrogen-bond donors (Lipinski definition) is 0. The quantitative estimate of drug-likeness (QED) is 0.589. The van der Waals surface area contributed by atoms with Crippen molar-refractivity contribution in [2.45, 2.75) is 11.3 Å². The van der Waals surface area contributed by atoms with Crippen LogP contribution in [0.5, 0.6) is 11.5 Å². The van der Waals surface area contributed by atoms with E-state index in [-0.39, 0.29) is 16.2 Å². The number of alkyl halides is 3. The average Bonchev–Trinajstić information content (AvgIpc) is 2.53. The number of hydrogen-bond acceptors (Lipinski definition) is 6. The summed E-state index contributed by atoms with van der Waals surface area (Å²) in [5.41, 5.74) is 0.0733. The maximum Gasteiger partial charge on any atom is 0.573 e. The third kappa shape index (κ3) is 5.11. The Hall–Kier alpha value is -2.75. The van der Waals surface area contributed by atoms with Crippen LogP contribution in [0.25, 0.3) is 0 Å². The van der Waals surface area contributed by atoms with Gasteiger partial charge in [0.25, 0.3) is 0 Å². The molecule has 0 saturated heterocycles. The highest BCUT2D eigenvalue weighted by molar-refractivity contribution is 7.87. The molecule has 0 aliphatic carbocycles. The van der Waals surface area contributed by atoms with E-state index in [1.165, 1.54) is 18.2 Å². The van der Waals surface area contributed by atoms with E-state index in [0.717, 1.165) is 37.4 Å². The van der Waals surface area contributed by atoms with Gasteiger partial charge in [0.2, 0.25) is 0 Å². The van der Waals surface area contributed by atoms with Gasteiger partial charge in [-0.25, -0.2) is 4.79 Å². The van der Waals surface area contributed by atoms with E-state index < -0.39 is 28.2 Å². The topological polar surface area (TPSA) is 78.9 Å². The Labute approximate surface area is 140 Å². The van der Waals surface area contributed by atoms with Crippen LogP contribution in [-0.2, 0) is 14.9 Å². The largest absolute Gasteiger partial charge is 0.573 e. The zero-order chi connectivity index (χ0) is 18.7. The first-order valence-electron chi connectivity index (χ1n) is 6.59. The summed E-state index contributed by atoms with van der Waals surface area (Å²) in [4.78, 5) is 11.0. The normalized spacial score (nSPS) is 11.7. The molecule has 0 aromatic heterocycles. The lowest BCUT2D eigenvalue weighted by atomic mass is 10.2. The van der Waals surface area contributed by atoms with Gasteiger partial charge in [-0.1, -0.05) is 6.07 Å². The molecule has 2 aromatic rings. The molecule has 0 heterocycles. The second kappa shape index (κ2) is 7.01. The van der Waals surface area contributed by atoms with Crippen molar-refractivity contribution in [2.24, 2.45) is 0 Å². The molecular weight excluding hydrogens is 365 g/mol. The Balaban J connectivity index is 2.20. The standard InChI is InChI=1S/C15H11F3O6S/c1-22-14(19)10-3-2-4-12(9-10)24-25(20,21)13-7-5-11(6-8-13)23-15(16,17)18/h2-9H,1H3. The molecule has 134 valence electrons. The Morgan fingerprint density at radius 2 is 1.64 bits per heavy atom. The van der Waals surface area contributed by atoms with Crippen LogP contribution in [0, 0.1) is 0 Å². The summed E-state index contributed by atoms with van der Waals surface area (Å²) in [5.74, 6) is -1.41. The minimum absolute atomic E-state index is 0.0733. The highest BCUT2D eigenvalue weighted by Gasteiger charge is 2.31. The smallest absolute Gasteiger partial charge is 0.465 e. The van der Waals surface area contributed by atoms with E-state index in [1.807, 2.05) is 0 Å². The summed E-state index contributed by atoms with van der Waals surface area (Å²) in [6, 6.07) is 8.73. The van der Waals surface area contributed by atoms with Gasteiger partial charge in [-0.3, -0.25) is 0 Å². The van der Waals surface area contributed by atoms with E-state index in [0.29, 0.717) is 0 Å². The molecule has 0 amide bonds. The van der Waals surface area contributed by atoms with Crippen molar-refractivity contribution in [3.05, 3.63) is 54.1 Å². The fourth-order valence-electron chi connectivity index (χ4n) is 1.78. The number of esters is 1. The van der Waals surface area contributed by atoms with Crippen molar-refractivity contribution in [3.8, 4) is 11.5 Å². The van der Waals surface area contributed by atoms with E-state index >= 15 is 0 Å². The molecule has 0 N–H and O–H groups in total. The zero-order valence-electron chi connectivity index (χ0n) is 12.6. The number of rotatable bonds is 5. The van der Waals surface area contributed by atoms with Gasteiger partial charge in [0.15, 0.2) is 0 Å². The van der Waals surface area contributed by atoms with Gasteiger partial charge in [-0.05, 0) is 42.5 Å². The minimum atomic E-state index is -4.88. The second-order valence-electron chi connectivity index (χ2n) is 4.58. The molecule has 0 fully saturated rings. The van der Waals surface area contributed by atoms with Crippen LogP contribution in [-0.4, -0.2) is 27.9 Å². The lowest BCUT2D eigenvalue weighted by molar-refractivity contribution is -0.274. The van der Waals surface area contributed by atoms with Gasteiger partial charge in [0, 0.05) is 0 Å². The summed E-state index contributed by atoms with van der Waals surface area (Å²) in [6.07, 6.45) is -4.88. The maximum absolute atomic E-state index is 12.1. The fraction of sp³-hybridized carbons (Fsp3) is 0.133. The van der Waals surface area contributed by atoms with Gasteiger partial charge in [0.1, 0.15) is 16.4 Å². The van der Waals surface area contributed by atoms with Crippen LogP contribution in [0.3, 0.4) is 0 Å². The average molecular weight is 376 g/mol. The van der Waals surface area contributed by atoms with Crippen molar-refractivity contribution in [1.29, 1.82) is 0 Å². The van der Waals surface area contributed by atoms with Gasteiger partial charge < -0.3 is 13.7 Å². The Morgan fingerprint density at radius 1 is 1.00 bits per heavy atom. The summed E-state index contributed by atoms with van der Waals surface area (Å²) < 4.78 is 73.6. The SMILES string of the molecule is COC(=O)c1cccc(OS(=O)(=O)c2ccc(OC(F)(F)F)cc2)c1. The molecule has 6 nitrogen and oxygen atoms in total. The zero-order valence-corrected chi connectivity index (χ0v) is 13.4.